The maximum absolute atomic E-state index is 12.3. The lowest BCUT2D eigenvalue weighted by molar-refractivity contribution is -0.117. The predicted molar refractivity (Wildman–Crippen MR) is 85.9 cm³/mol. The summed E-state index contributed by atoms with van der Waals surface area (Å²) < 4.78 is 0. The van der Waals surface area contributed by atoms with Crippen LogP contribution in [-0.4, -0.2) is 17.9 Å². The summed E-state index contributed by atoms with van der Waals surface area (Å²) in [6, 6.07) is 11.5. The molecule has 4 N–H and O–H groups in total. The average Bonchev–Trinajstić information content (AvgIpc) is 2.59. The third-order valence-corrected chi connectivity index (χ3v) is 3.81. The van der Waals surface area contributed by atoms with Gasteiger partial charge in [-0.25, -0.2) is 0 Å². The molecule has 0 radical (unpaired) electrons. The molecule has 1 heterocycles. The number of nitrogen functional groups attached to an aromatic ring is 1. The molecule has 0 fully saturated rings. The van der Waals surface area contributed by atoms with Crippen molar-refractivity contribution in [2.24, 2.45) is 0 Å². The number of amides is 2. The summed E-state index contributed by atoms with van der Waals surface area (Å²) in [6.45, 7) is 0. The first-order valence-electron chi connectivity index (χ1n) is 6.79. The normalized spacial score (nSPS) is 17.2. The molecule has 0 bridgehead atoms. The van der Waals surface area contributed by atoms with Crippen LogP contribution in [0.5, 0.6) is 0 Å². The molecule has 112 valence electrons. The summed E-state index contributed by atoms with van der Waals surface area (Å²) in [5, 5.41) is 6.10. The van der Waals surface area contributed by atoms with Crippen LogP contribution in [0.1, 0.15) is 15.9 Å². The molecule has 0 aromatic heterocycles. The van der Waals surface area contributed by atoms with Gasteiger partial charge in [0.2, 0.25) is 5.91 Å². The van der Waals surface area contributed by atoms with E-state index in [4.69, 9.17) is 17.3 Å². The molecule has 0 unspecified atom stereocenters. The van der Waals surface area contributed by atoms with Crippen LogP contribution in [0.4, 0.5) is 11.4 Å². The van der Waals surface area contributed by atoms with Gasteiger partial charge < -0.3 is 16.4 Å². The van der Waals surface area contributed by atoms with Crippen LogP contribution in [0.15, 0.2) is 42.5 Å². The number of fused-ring (bicyclic) bond motifs is 1. The Balaban J connectivity index is 1.87. The maximum atomic E-state index is 12.3. The van der Waals surface area contributed by atoms with E-state index in [1.165, 1.54) is 0 Å². The molecule has 1 atom stereocenters. The molecule has 1 aliphatic heterocycles. The Bertz CT molecular complexity index is 744. The van der Waals surface area contributed by atoms with E-state index in [2.05, 4.69) is 10.6 Å². The molecule has 2 aromatic carbocycles. The van der Waals surface area contributed by atoms with Crippen molar-refractivity contribution < 1.29 is 9.59 Å². The van der Waals surface area contributed by atoms with Crippen molar-refractivity contribution in [2.45, 2.75) is 12.5 Å². The van der Waals surface area contributed by atoms with E-state index in [-0.39, 0.29) is 11.8 Å². The fourth-order valence-corrected chi connectivity index (χ4v) is 2.57. The lowest BCUT2D eigenvalue weighted by atomic mass is 10.1. The van der Waals surface area contributed by atoms with Crippen molar-refractivity contribution in [3.05, 3.63) is 58.6 Å². The molecule has 2 amide bonds. The molecule has 0 spiro atoms. The third kappa shape index (κ3) is 2.76. The second-order valence-electron chi connectivity index (χ2n) is 5.12. The number of halogens is 1. The minimum absolute atomic E-state index is 0.271. The van der Waals surface area contributed by atoms with E-state index in [1.807, 2.05) is 12.1 Å². The zero-order valence-corrected chi connectivity index (χ0v) is 12.4. The van der Waals surface area contributed by atoms with E-state index < -0.39 is 6.04 Å². The average molecular weight is 316 g/mol. The summed E-state index contributed by atoms with van der Waals surface area (Å²) in [6.07, 6.45) is 0.378. The van der Waals surface area contributed by atoms with E-state index in [0.717, 1.165) is 5.56 Å². The highest BCUT2D eigenvalue weighted by Crippen LogP contribution is 2.25. The number of carbonyl (C=O) groups excluding carboxylic acids is 2. The van der Waals surface area contributed by atoms with Gasteiger partial charge in [0.05, 0.1) is 11.3 Å². The zero-order chi connectivity index (χ0) is 15.7. The molecule has 1 aliphatic rings. The highest BCUT2D eigenvalue weighted by molar-refractivity contribution is 6.30. The topological polar surface area (TPSA) is 84.2 Å². The highest BCUT2D eigenvalue weighted by Gasteiger charge is 2.29. The van der Waals surface area contributed by atoms with Gasteiger partial charge >= 0.3 is 0 Å². The van der Waals surface area contributed by atoms with Crippen LogP contribution in [0.2, 0.25) is 5.02 Å². The van der Waals surface area contributed by atoms with E-state index in [0.29, 0.717) is 28.4 Å². The van der Waals surface area contributed by atoms with Gasteiger partial charge in [-0.2, -0.15) is 0 Å². The van der Waals surface area contributed by atoms with Crippen LogP contribution in [-0.2, 0) is 11.2 Å². The molecule has 6 heteroatoms. The summed E-state index contributed by atoms with van der Waals surface area (Å²) in [5.74, 6) is -0.627. The number of rotatable bonds is 2. The van der Waals surface area contributed by atoms with Gasteiger partial charge in [-0.15, -0.1) is 0 Å². The quantitative estimate of drug-likeness (QED) is 0.743. The summed E-state index contributed by atoms with van der Waals surface area (Å²) in [7, 11) is 0. The lowest BCUT2D eigenvalue weighted by Crippen LogP contribution is -2.42. The minimum Gasteiger partial charge on any atom is -0.398 e. The van der Waals surface area contributed by atoms with Gasteiger partial charge in [-0.3, -0.25) is 9.59 Å². The van der Waals surface area contributed by atoms with Gasteiger partial charge in [0, 0.05) is 17.1 Å². The number of hydrogen-bond acceptors (Lipinski definition) is 3. The van der Waals surface area contributed by atoms with Crippen molar-refractivity contribution in [3.8, 4) is 0 Å². The van der Waals surface area contributed by atoms with Gasteiger partial charge in [0.1, 0.15) is 6.04 Å². The second-order valence-corrected chi connectivity index (χ2v) is 5.55. The Morgan fingerprint density at radius 2 is 1.82 bits per heavy atom. The fraction of sp³-hybridized carbons (Fsp3) is 0.125. The first kappa shape index (κ1) is 14.4. The summed E-state index contributed by atoms with van der Waals surface area (Å²) >= 11 is 5.85. The molecular weight excluding hydrogens is 302 g/mol. The molecule has 0 saturated carbocycles. The third-order valence-electron chi connectivity index (χ3n) is 3.56. The molecule has 0 aliphatic carbocycles. The smallest absolute Gasteiger partial charge is 0.256 e. The number of carbonyl (C=O) groups is 2. The molecular formula is C16H14ClN3O2. The first-order valence-corrected chi connectivity index (χ1v) is 7.17. The Hall–Kier alpha value is -2.53. The second kappa shape index (κ2) is 5.69. The number of nitrogens with two attached hydrogens (primary N) is 1. The molecule has 5 nitrogen and oxygen atoms in total. The fourth-order valence-electron chi connectivity index (χ4n) is 2.44. The van der Waals surface area contributed by atoms with Crippen LogP contribution >= 0.6 is 11.6 Å². The Labute approximate surface area is 132 Å². The van der Waals surface area contributed by atoms with E-state index in [1.54, 1.807) is 30.3 Å². The van der Waals surface area contributed by atoms with Crippen molar-refractivity contribution in [1.29, 1.82) is 0 Å². The van der Waals surface area contributed by atoms with Crippen molar-refractivity contribution in [3.63, 3.8) is 0 Å². The highest BCUT2D eigenvalue weighted by atomic mass is 35.5. The number of benzene rings is 2. The number of nitrogens with one attached hydrogen (secondary N) is 2. The zero-order valence-electron chi connectivity index (χ0n) is 11.6. The Morgan fingerprint density at radius 3 is 2.55 bits per heavy atom. The Kier molecular flexibility index (Phi) is 3.73. The molecule has 0 saturated heterocycles. The van der Waals surface area contributed by atoms with Crippen molar-refractivity contribution >= 4 is 34.8 Å². The van der Waals surface area contributed by atoms with Crippen LogP contribution in [0.25, 0.3) is 0 Å². The van der Waals surface area contributed by atoms with E-state index in [9.17, 15) is 9.59 Å². The molecule has 22 heavy (non-hydrogen) atoms. The van der Waals surface area contributed by atoms with Crippen LogP contribution in [0, 0.1) is 0 Å². The number of hydrogen-bond donors (Lipinski definition) is 3. The summed E-state index contributed by atoms with van der Waals surface area (Å²) in [4.78, 5) is 24.6. The Morgan fingerprint density at radius 1 is 1.09 bits per heavy atom. The van der Waals surface area contributed by atoms with Gasteiger partial charge in [-0.1, -0.05) is 29.8 Å². The molecule has 2 aromatic rings. The van der Waals surface area contributed by atoms with Crippen molar-refractivity contribution in [1.82, 2.24) is 5.32 Å². The minimum atomic E-state index is -0.666. The standard InChI is InChI=1S/C16H14ClN3O2/c17-10-6-4-9(5-7-10)8-13-15(21)19-12-3-1-2-11(18)14(12)16(22)20-13/h1-7,13H,8,18H2,(H,19,21)(H,20,22)/t13-/m0/s1. The van der Waals surface area contributed by atoms with Crippen LogP contribution in [0.3, 0.4) is 0 Å². The monoisotopic (exact) mass is 315 g/mol. The lowest BCUT2D eigenvalue weighted by Gasteiger charge is -2.14. The van der Waals surface area contributed by atoms with Gasteiger partial charge in [-0.05, 0) is 29.8 Å². The van der Waals surface area contributed by atoms with E-state index >= 15 is 0 Å². The van der Waals surface area contributed by atoms with Crippen LogP contribution < -0.4 is 16.4 Å². The predicted octanol–water partition coefficient (Wildman–Crippen LogP) is 2.22. The first-order chi connectivity index (χ1) is 10.5. The largest absolute Gasteiger partial charge is 0.398 e. The maximum Gasteiger partial charge on any atom is 0.256 e. The van der Waals surface area contributed by atoms with Gasteiger partial charge in [0.25, 0.3) is 5.91 Å². The number of anilines is 2. The molecule has 3 rings (SSSR count). The SMILES string of the molecule is Nc1cccc2c1C(=O)N[C@@H](Cc1ccc(Cl)cc1)C(=O)N2. The summed E-state index contributed by atoms with van der Waals surface area (Å²) in [5.41, 5.74) is 7.81. The van der Waals surface area contributed by atoms with Gasteiger partial charge in [0.15, 0.2) is 0 Å². The van der Waals surface area contributed by atoms with Crippen molar-refractivity contribution in [2.75, 3.05) is 11.1 Å².